The van der Waals surface area contributed by atoms with Crippen molar-refractivity contribution in [2.75, 3.05) is 13.2 Å². The molecule has 1 atom stereocenters. The van der Waals surface area contributed by atoms with Crippen molar-refractivity contribution >= 4 is 5.91 Å². The Balaban J connectivity index is 2.16. The van der Waals surface area contributed by atoms with E-state index in [1.54, 1.807) is 4.90 Å². The van der Waals surface area contributed by atoms with Crippen molar-refractivity contribution in [2.45, 2.75) is 45.1 Å². The zero-order chi connectivity index (χ0) is 13.3. The Bertz CT molecular complexity index is 434. The van der Waals surface area contributed by atoms with Gasteiger partial charge >= 0.3 is 0 Å². The van der Waals surface area contributed by atoms with E-state index in [1.807, 2.05) is 6.07 Å². The van der Waals surface area contributed by atoms with Crippen LogP contribution >= 0.6 is 0 Å². The molecule has 1 aliphatic rings. The number of nitrogens with zero attached hydrogens (tertiary/aromatic N) is 2. The van der Waals surface area contributed by atoms with Gasteiger partial charge in [0.2, 0.25) is 0 Å². The molecule has 5 nitrogen and oxygen atoms in total. The second-order valence-electron chi connectivity index (χ2n) is 5.89. The van der Waals surface area contributed by atoms with Crippen LogP contribution < -0.4 is 0 Å². The number of aliphatic hydroxyl groups excluding tert-OH is 1. The average molecular weight is 251 g/mol. The Morgan fingerprint density at radius 2 is 2.33 bits per heavy atom. The van der Waals surface area contributed by atoms with Gasteiger partial charge in [-0.15, -0.1) is 0 Å². The molecule has 100 valence electrons. The number of hydrogen-bond acceptors (Lipinski definition) is 3. The lowest BCUT2D eigenvalue weighted by atomic mass is 9.92. The number of aromatic nitrogens is 2. The summed E-state index contributed by atoms with van der Waals surface area (Å²) in [5, 5.41) is 16.3. The Morgan fingerprint density at radius 1 is 1.61 bits per heavy atom. The largest absolute Gasteiger partial charge is 0.394 e. The maximum Gasteiger partial charge on any atom is 0.274 e. The lowest BCUT2D eigenvalue weighted by Gasteiger charge is -2.21. The van der Waals surface area contributed by atoms with E-state index in [0.717, 1.165) is 18.5 Å². The molecule has 1 aliphatic heterocycles. The summed E-state index contributed by atoms with van der Waals surface area (Å²) < 4.78 is 0. The van der Waals surface area contributed by atoms with Gasteiger partial charge in [-0.1, -0.05) is 20.8 Å². The number of H-pyrrole nitrogens is 1. The first-order valence-corrected chi connectivity index (χ1v) is 6.41. The Kier molecular flexibility index (Phi) is 3.43. The van der Waals surface area contributed by atoms with Gasteiger partial charge in [0, 0.05) is 17.7 Å². The molecule has 1 aromatic rings. The first kappa shape index (κ1) is 13.1. The summed E-state index contributed by atoms with van der Waals surface area (Å²) in [6, 6.07) is 1.77. The number of nitrogens with one attached hydrogen (secondary N) is 1. The van der Waals surface area contributed by atoms with Crippen molar-refractivity contribution < 1.29 is 9.90 Å². The number of aliphatic hydroxyl groups is 1. The number of likely N-dealkylation sites (tertiary alicyclic amines) is 1. The lowest BCUT2D eigenvalue weighted by molar-refractivity contribution is 0.0671. The van der Waals surface area contributed by atoms with E-state index in [9.17, 15) is 9.90 Å². The third-order valence-electron chi connectivity index (χ3n) is 3.45. The van der Waals surface area contributed by atoms with Crippen LogP contribution in [0.3, 0.4) is 0 Å². The van der Waals surface area contributed by atoms with E-state index in [0.29, 0.717) is 12.2 Å². The maximum atomic E-state index is 12.3. The number of amides is 1. The number of carbonyl (C=O) groups excluding carboxylic acids is 1. The van der Waals surface area contributed by atoms with Gasteiger partial charge in [-0.05, 0) is 18.9 Å². The minimum absolute atomic E-state index is 0.0301. The fourth-order valence-corrected chi connectivity index (χ4v) is 2.26. The van der Waals surface area contributed by atoms with E-state index in [1.165, 1.54) is 0 Å². The molecule has 1 saturated heterocycles. The van der Waals surface area contributed by atoms with Crippen LogP contribution in [0, 0.1) is 0 Å². The number of carbonyl (C=O) groups is 1. The minimum atomic E-state index is -0.0849. The molecule has 0 radical (unpaired) electrons. The van der Waals surface area contributed by atoms with Gasteiger partial charge in [-0.2, -0.15) is 5.10 Å². The summed E-state index contributed by atoms with van der Waals surface area (Å²) in [4.78, 5) is 14.0. The number of hydrogen-bond donors (Lipinski definition) is 2. The predicted molar refractivity (Wildman–Crippen MR) is 68.4 cm³/mol. The minimum Gasteiger partial charge on any atom is -0.394 e. The molecule has 0 saturated carbocycles. The van der Waals surface area contributed by atoms with E-state index in [-0.39, 0.29) is 24.0 Å². The molecule has 0 aliphatic carbocycles. The summed E-state index contributed by atoms with van der Waals surface area (Å²) in [5.74, 6) is -0.0849. The van der Waals surface area contributed by atoms with Gasteiger partial charge in [0.25, 0.3) is 5.91 Å². The highest BCUT2D eigenvalue weighted by atomic mass is 16.3. The lowest BCUT2D eigenvalue weighted by Crippen LogP contribution is -2.37. The zero-order valence-electron chi connectivity index (χ0n) is 11.2. The summed E-state index contributed by atoms with van der Waals surface area (Å²) >= 11 is 0. The van der Waals surface area contributed by atoms with E-state index in [4.69, 9.17) is 0 Å². The summed E-state index contributed by atoms with van der Waals surface area (Å²) in [6.07, 6.45) is 1.83. The third-order valence-corrected chi connectivity index (χ3v) is 3.45. The average Bonchev–Trinajstić information content (AvgIpc) is 2.96. The summed E-state index contributed by atoms with van der Waals surface area (Å²) in [6.45, 7) is 6.95. The second kappa shape index (κ2) is 4.72. The molecule has 2 N–H and O–H groups in total. The standard InChI is InChI=1S/C13H21N3O2/c1-13(2,3)11-7-10(14-15-11)12(18)16-6-4-5-9(16)8-17/h7,9,17H,4-6,8H2,1-3H3,(H,14,15)/t9-/m1/s1. The van der Waals surface area contributed by atoms with Crippen LogP contribution in [0.1, 0.15) is 49.8 Å². The van der Waals surface area contributed by atoms with Gasteiger partial charge in [-0.3, -0.25) is 9.89 Å². The summed E-state index contributed by atoms with van der Waals surface area (Å²) in [5.41, 5.74) is 1.35. The fourth-order valence-electron chi connectivity index (χ4n) is 2.26. The highest BCUT2D eigenvalue weighted by molar-refractivity contribution is 5.92. The number of rotatable bonds is 2. The van der Waals surface area contributed by atoms with Crippen molar-refractivity contribution in [3.63, 3.8) is 0 Å². The van der Waals surface area contributed by atoms with Gasteiger partial charge in [0.15, 0.2) is 0 Å². The Hall–Kier alpha value is -1.36. The van der Waals surface area contributed by atoms with Crippen LogP contribution in [0.15, 0.2) is 6.07 Å². The van der Waals surface area contributed by atoms with Crippen molar-refractivity contribution in [2.24, 2.45) is 0 Å². The Labute approximate surface area is 107 Å². The van der Waals surface area contributed by atoms with Crippen molar-refractivity contribution in [3.8, 4) is 0 Å². The second-order valence-corrected chi connectivity index (χ2v) is 5.89. The number of aromatic amines is 1. The van der Waals surface area contributed by atoms with Crippen LogP contribution in [0.2, 0.25) is 0 Å². The van der Waals surface area contributed by atoms with Crippen LogP contribution in [0.4, 0.5) is 0 Å². The van der Waals surface area contributed by atoms with Crippen LogP contribution in [0.5, 0.6) is 0 Å². The molecule has 2 rings (SSSR count). The molecule has 18 heavy (non-hydrogen) atoms. The van der Waals surface area contributed by atoms with E-state index >= 15 is 0 Å². The van der Waals surface area contributed by atoms with Crippen LogP contribution in [0.25, 0.3) is 0 Å². The molecule has 5 heteroatoms. The molecular formula is C13H21N3O2. The van der Waals surface area contributed by atoms with E-state index < -0.39 is 0 Å². The van der Waals surface area contributed by atoms with Crippen molar-refractivity contribution in [1.29, 1.82) is 0 Å². The Morgan fingerprint density at radius 3 is 2.89 bits per heavy atom. The topological polar surface area (TPSA) is 69.2 Å². The quantitative estimate of drug-likeness (QED) is 0.832. The van der Waals surface area contributed by atoms with Gasteiger partial charge in [-0.25, -0.2) is 0 Å². The molecule has 1 amide bonds. The van der Waals surface area contributed by atoms with Gasteiger partial charge in [0.05, 0.1) is 12.6 Å². The third kappa shape index (κ3) is 2.41. The zero-order valence-corrected chi connectivity index (χ0v) is 11.2. The van der Waals surface area contributed by atoms with Crippen LogP contribution in [-0.2, 0) is 5.41 Å². The van der Waals surface area contributed by atoms with Crippen LogP contribution in [-0.4, -0.2) is 45.3 Å². The highest BCUT2D eigenvalue weighted by Gasteiger charge is 2.30. The van der Waals surface area contributed by atoms with Gasteiger partial charge in [0.1, 0.15) is 5.69 Å². The molecule has 0 aromatic carbocycles. The monoisotopic (exact) mass is 251 g/mol. The fraction of sp³-hybridized carbons (Fsp3) is 0.692. The molecule has 0 spiro atoms. The predicted octanol–water partition coefficient (Wildman–Crippen LogP) is 1.30. The normalized spacial score (nSPS) is 20.4. The smallest absolute Gasteiger partial charge is 0.274 e. The van der Waals surface area contributed by atoms with Gasteiger partial charge < -0.3 is 10.0 Å². The SMILES string of the molecule is CC(C)(C)c1cc(C(=O)N2CCC[C@@H]2CO)n[nH]1. The molecule has 0 unspecified atom stereocenters. The van der Waals surface area contributed by atoms with Crippen molar-refractivity contribution in [3.05, 3.63) is 17.5 Å². The molecule has 2 heterocycles. The maximum absolute atomic E-state index is 12.3. The summed E-state index contributed by atoms with van der Waals surface area (Å²) in [7, 11) is 0. The molecular weight excluding hydrogens is 230 g/mol. The molecule has 1 aromatic heterocycles. The first-order chi connectivity index (χ1) is 8.43. The molecule has 1 fully saturated rings. The highest BCUT2D eigenvalue weighted by Crippen LogP contribution is 2.23. The molecule has 0 bridgehead atoms. The van der Waals surface area contributed by atoms with Crippen molar-refractivity contribution in [1.82, 2.24) is 15.1 Å². The van der Waals surface area contributed by atoms with E-state index in [2.05, 4.69) is 31.0 Å². The first-order valence-electron chi connectivity index (χ1n) is 6.41.